The number of pyridine rings is 1. The molecular formula is C20H14F2N6O4. The fraction of sp³-hybridized carbons (Fsp3) is 0.100. The Bertz CT molecular complexity index is 1330. The first-order chi connectivity index (χ1) is 15.3. The number of nitro benzene ring substituents is 1. The third-order valence-electron chi connectivity index (χ3n) is 4.33. The van der Waals surface area contributed by atoms with Crippen LogP contribution in [0.2, 0.25) is 0 Å². The van der Waals surface area contributed by atoms with Gasteiger partial charge in [-0.1, -0.05) is 0 Å². The monoisotopic (exact) mass is 440 g/mol. The molecule has 0 saturated carbocycles. The Morgan fingerprint density at radius 2 is 2.03 bits per heavy atom. The van der Waals surface area contributed by atoms with Crippen LogP contribution in [-0.4, -0.2) is 30.4 Å². The number of aromatic nitrogens is 4. The largest absolute Gasteiger partial charge is 0.455 e. The maximum absolute atomic E-state index is 13.3. The number of hydrogen-bond acceptors (Lipinski definition) is 7. The number of nitro groups is 1. The van der Waals surface area contributed by atoms with Crippen molar-refractivity contribution in [3.8, 4) is 11.5 Å². The number of ether oxygens (including phenoxy) is 1. The lowest BCUT2D eigenvalue weighted by Gasteiger charge is -2.09. The Labute approximate surface area is 178 Å². The van der Waals surface area contributed by atoms with Crippen molar-refractivity contribution in [2.45, 2.75) is 13.3 Å². The minimum atomic E-state index is -2.82. The third kappa shape index (κ3) is 4.19. The summed E-state index contributed by atoms with van der Waals surface area (Å²) in [5.74, 6) is -0.297. The summed E-state index contributed by atoms with van der Waals surface area (Å²) in [4.78, 5) is 31.5. The highest BCUT2D eigenvalue weighted by molar-refractivity contribution is 6.08. The Hall–Kier alpha value is -4.48. The van der Waals surface area contributed by atoms with Gasteiger partial charge in [0.05, 0.1) is 29.1 Å². The van der Waals surface area contributed by atoms with E-state index in [1.54, 1.807) is 12.1 Å². The minimum absolute atomic E-state index is 0.0594. The molecule has 1 aromatic carbocycles. The van der Waals surface area contributed by atoms with Crippen molar-refractivity contribution in [2.24, 2.45) is 0 Å². The number of nitrogens with one attached hydrogen (secondary N) is 1. The molecule has 4 aromatic rings. The van der Waals surface area contributed by atoms with E-state index in [0.717, 1.165) is 16.8 Å². The van der Waals surface area contributed by atoms with Crippen molar-refractivity contribution in [3.05, 3.63) is 82.1 Å². The molecule has 0 aliphatic carbocycles. The van der Waals surface area contributed by atoms with Crippen molar-refractivity contribution >= 4 is 22.9 Å². The van der Waals surface area contributed by atoms with Crippen molar-refractivity contribution in [2.75, 3.05) is 5.32 Å². The zero-order chi connectivity index (χ0) is 22.8. The molecule has 1 amide bonds. The van der Waals surface area contributed by atoms with Crippen LogP contribution >= 0.6 is 0 Å². The van der Waals surface area contributed by atoms with Gasteiger partial charge < -0.3 is 10.1 Å². The fourth-order valence-corrected chi connectivity index (χ4v) is 2.99. The van der Waals surface area contributed by atoms with Crippen molar-refractivity contribution in [1.82, 2.24) is 19.6 Å². The van der Waals surface area contributed by atoms with Crippen LogP contribution in [0.5, 0.6) is 11.5 Å². The number of amides is 1. The van der Waals surface area contributed by atoms with Gasteiger partial charge in [0, 0.05) is 24.0 Å². The van der Waals surface area contributed by atoms with Gasteiger partial charge in [0.25, 0.3) is 18.0 Å². The number of fused-ring (bicyclic) bond motifs is 1. The molecule has 0 atom stereocenters. The number of rotatable bonds is 6. The number of aryl methyl sites for hydroxylation is 1. The average molecular weight is 440 g/mol. The summed E-state index contributed by atoms with van der Waals surface area (Å²) in [6.07, 6.45) is 1.24. The second-order valence-corrected chi connectivity index (χ2v) is 6.63. The van der Waals surface area contributed by atoms with Crippen LogP contribution in [-0.2, 0) is 0 Å². The molecule has 3 heterocycles. The molecular weight excluding hydrogens is 426 g/mol. The molecule has 162 valence electrons. The van der Waals surface area contributed by atoms with E-state index in [0.29, 0.717) is 5.75 Å². The van der Waals surface area contributed by atoms with Crippen LogP contribution < -0.4 is 10.1 Å². The summed E-state index contributed by atoms with van der Waals surface area (Å²) in [6, 6.07) is 8.13. The molecule has 0 aliphatic rings. The summed E-state index contributed by atoms with van der Waals surface area (Å²) < 4.78 is 33.1. The number of carbonyl (C=O) groups is 1. The van der Waals surface area contributed by atoms with Gasteiger partial charge in [0.2, 0.25) is 0 Å². The first-order valence-electron chi connectivity index (χ1n) is 9.14. The smallest absolute Gasteiger partial charge is 0.280 e. The Morgan fingerprint density at radius 1 is 1.22 bits per heavy atom. The van der Waals surface area contributed by atoms with Gasteiger partial charge in [-0.15, -0.1) is 0 Å². The van der Waals surface area contributed by atoms with E-state index < -0.39 is 22.9 Å². The summed E-state index contributed by atoms with van der Waals surface area (Å²) >= 11 is 0. The highest BCUT2D eigenvalue weighted by atomic mass is 19.3. The van der Waals surface area contributed by atoms with Gasteiger partial charge in [-0.05, 0) is 25.1 Å². The number of hydrogen-bond donors (Lipinski definition) is 1. The van der Waals surface area contributed by atoms with Gasteiger partial charge in [0.1, 0.15) is 22.8 Å². The number of carbonyl (C=O) groups excluding carboxylic acids is 1. The molecule has 0 spiro atoms. The van der Waals surface area contributed by atoms with Crippen molar-refractivity contribution < 1.29 is 23.2 Å². The van der Waals surface area contributed by atoms with Crippen LogP contribution in [0.15, 0.2) is 55.0 Å². The molecule has 0 aliphatic heterocycles. The average Bonchev–Trinajstić information content (AvgIpc) is 3.17. The summed E-state index contributed by atoms with van der Waals surface area (Å²) in [7, 11) is 0. The van der Waals surface area contributed by atoms with Crippen LogP contribution in [0.25, 0.3) is 5.65 Å². The lowest BCUT2D eigenvalue weighted by molar-refractivity contribution is -0.384. The molecule has 0 unspecified atom stereocenters. The normalized spacial score (nSPS) is 11.0. The Balaban J connectivity index is 1.68. The van der Waals surface area contributed by atoms with E-state index in [-0.39, 0.29) is 34.0 Å². The second kappa shape index (κ2) is 8.34. The lowest BCUT2D eigenvalue weighted by Crippen LogP contribution is -2.13. The lowest BCUT2D eigenvalue weighted by atomic mass is 10.2. The molecule has 0 saturated heterocycles. The zero-order valence-corrected chi connectivity index (χ0v) is 16.4. The zero-order valence-electron chi connectivity index (χ0n) is 16.4. The first kappa shape index (κ1) is 20.8. The molecule has 3 aromatic heterocycles. The predicted molar refractivity (Wildman–Crippen MR) is 108 cm³/mol. The molecule has 4 rings (SSSR count). The fourth-order valence-electron chi connectivity index (χ4n) is 2.99. The third-order valence-corrected chi connectivity index (χ3v) is 4.33. The van der Waals surface area contributed by atoms with Crippen LogP contribution in [0, 0.1) is 17.0 Å². The van der Waals surface area contributed by atoms with Gasteiger partial charge in [-0.25, -0.2) is 18.3 Å². The molecule has 0 radical (unpaired) electrons. The Kier molecular flexibility index (Phi) is 5.41. The summed E-state index contributed by atoms with van der Waals surface area (Å²) in [5, 5.41) is 17.7. The number of benzene rings is 1. The highest BCUT2D eigenvalue weighted by Crippen LogP contribution is 2.30. The maximum atomic E-state index is 13.3. The molecule has 32 heavy (non-hydrogen) atoms. The number of halogens is 2. The van der Waals surface area contributed by atoms with E-state index >= 15 is 0 Å². The van der Waals surface area contributed by atoms with Crippen LogP contribution in [0.4, 0.5) is 20.2 Å². The predicted octanol–water partition coefficient (Wildman–Crippen LogP) is 4.32. The highest BCUT2D eigenvalue weighted by Gasteiger charge is 2.21. The van der Waals surface area contributed by atoms with Gasteiger partial charge >= 0.3 is 0 Å². The number of non-ortho nitro benzene ring substituents is 1. The van der Waals surface area contributed by atoms with E-state index in [1.165, 1.54) is 37.5 Å². The molecule has 10 nitrogen and oxygen atoms in total. The summed E-state index contributed by atoms with van der Waals surface area (Å²) in [6.45, 7) is 1.52. The molecule has 1 N–H and O–H groups in total. The summed E-state index contributed by atoms with van der Waals surface area (Å²) in [5.41, 5.74) is -0.523. The van der Waals surface area contributed by atoms with Crippen molar-refractivity contribution in [1.29, 1.82) is 0 Å². The molecule has 12 heteroatoms. The van der Waals surface area contributed by atoms with Crippen LogP contribution in [0.3, 0.4) is 0 Å². The maximum Gasteiger partial charge on any atom is 0.280 e. The van der Waals surface area contributed by atoms with E-state index in [4.69, 9.17) is 4.74 Å². The van der Waals surface area contributed by atoms with Gasteiger partial charge in [0.15, 0.2) is 5.65 Å². The minimum Gasteiger partial charge on any atom is -0.455 e. The number of alkyl halides is 2. The number of anilines is 1. The second-order valence-electron chi connectivity index (χ2n) is 6.63. The topological polar surface area (TPSA) is 125 Å². The van der Waals surface area contributed by atoms with Crippen molar-refractivity contribution in [3.63, 3.8) is 0 Å². The van der Waals surface area contributed by atoms with Gasteiger partial charge in [-0.3, -0.25) is 19.9 Å². The number of nitrogens with zero attached hydrogens (tertiary/aromatic N) is 5. The van der Waals surface area contributed by atoms with Gasteiger partial charge in [-0.2, -0.15) is 5.10 Å². The molecule has 0 bridgehead atoms. The standard InChI is InChI=1S/C20H14F2N6O4/c1-11-5-17(18(21)22)27-19(25-11)16(10-24-27)20(29)26-12-6-13(28(30)31)8-15(7-12)32-14-3-2-4-23-9-14/h2-10,18H,1H3,(H,26,29). The Morgan fingerprint density at radius 3 is 2.72 bits per heavy atom. The van der Waals surface area contributed by atoms with E-state index in [2.05, 4.69) is 20.4 Å². The van der Waals surface area contributed by atoms with E-state index in [9.17, 15) is 23.7 Å². The first-order valence-corrected chi connectivity index (χ1v) is 9.14. The SMILES string of the molecule is Cc1cc(C(F)F)n2ncc(C(=O)Nc3cc(Oc4cccnc4)cc([N+](=O)[O-])c3)c2n1. The molecule has 0 fully saturated rings. The van der Waals surface area contributed by atoms with Crippen LogP contribution in [0.1, 0.15) is 28.2 Å². The van der Waals surface area contributed by atoms with E-state index in [1.807, 2.05) is 0 Å². The quantitative estimate of drug-likeness (QED) is 0.350.